The highest BCUT2D eigenvalue weighted by Gasteiger charge is 2.25. The highest BCUT2D eigenvalue weighted by Crippen LogP contribution is 2.17. The molecule has 1 aromatic rings. The van der Waals surface area contributed by atoms with Crippen molar-refractivity contribution < 1.29 is 4.52 Å². The topological polar surface area (TPSA) is 41.3 Å². The van der Waals surface area contributed by atoms with Gasteiger partial charge in [0.1, 0.15) is 6.26 Å². The van der Waals surface area contributed by atoms with E-state index in [0.29, 0.717) is 12.1 Å². The second-order valence-corrected chi connectivity index (χ2v) is 3.87. The largest absolute Gasteiger partial charge is 0.363 e. The van der Waals surface area contributed by atoms with E-state index in [1.54, 1.807) is 6.26 Å². The van der Waals surface area contributed by atoms with Crippen LogP contribution in [0.15, 0.2) is 16.9 Å². The van der Waals surface area contributed by atoms with E-state index in [1.807, 2.05) is 6.07 Å². The molecule has 1 aliphatic rings. The minimum Gasteiger partial charge on any atom is -0.363 e. The molecule has 1 fully saturated rings. The Bertz CT molecular complexity index is 273. The van der Waals surface area contributed by atoms with E-state index < -0.39 is 0 Å². The van der Waals surface area contributed by atoms with Gasteiger partial charge in [-0.15, -0.1) is 0 Å². The van der Waals surface area contributed by atoms with Crippen LogP contribution < -0.4 is 10.2 Å². The van der Waals surface area contributed by atoms with Gasteiger partial charge in [0.25, 0.3) is 0 Å². The fraction of sp³-hybridized carbons (Fsp3) is 0.700. The fourth-order valence-corrected chi connectivity index (χ4v) is 1.88. The van der Waals surface area contributed by atoms with Crippen molar-refractivity contribution in [1.82, 2.24) is 10.5 Å². The summed E-state index contributed by atoms with van der Waals surface area (Å²) in [7, 11) is 0. The summed E-state index contributed by atoms with van der Waals surface area (Å²) in [6.07, 6.45) is 2.78. The first-order chi connectivity index (χ1) is 6.81. The minimum absolute atomic E-state index is 0.489. The van der Waals surface area contributed by atoms with E-state index >= 15 is 0 Å². The number of anilines is 1. The molecule has 4 heteroatoms. The Morgan fingerprint density at radius 1 is 1.71 bits per heavy atom. The molecule has 4 nitrogen and oxygen atoms in total. The quantitative estimate of drug-likeness (QED) is 0.771. The fourth-order valence-electron chi connectivity index (χ4n) is 1.88. The van der Waals surface area contributed by atoms with E-state index in [0.717, 1.165) is 25.3 Å². The average molecular weight is 195 g/mol. The van der Waals surface area contributed by atoms with Crippen molar-refractivity contribution in [3.05, 3.63) is 12.3 Å². The first-order valence-electron chi connectivity index (χ1n) is 5.21. The molecule has 0 bridgehead atoms. The van der Waals surface area contributed by atoms with Gasteiger partial charge in [-0.1, -0.05) is 12.1 Å². The summed E-state index contributed by atoms with van der Waals surface area (Å²) in [5.41, 5.74) is 0. The van der Waals surface area contributed by atoms with Crippen LogP contribution in [0, 0.1) is 0 Å². The van der Waals surface area contributed by atoms with E-state index in [2.05, 4.69) is 29.2 Å². The lowest BCUT2D eigenvalue weighted by Gasteiger charge is -2.38. The molecule has 2 rings (SSSR count). The number of aromatic nitrogens is 1. The molecular formula is C10H17N3O. The van der Waals surface area contributed by atoms with Crippen LogP contribution in [-0.4, -0.2) is 30.3 Å². The van der Waals surface area contributed by atoms with E-state index in [4.69, 9.17) is 4.52 Å². The summed E-state index contributed by atoms with van der Waals surface area (Å²) < 4.78 is 4.87. The van der Waals surface area contributed by atoms with Crippen LogP contribution in [0.1, 0.15) is 20.3 Å². The first kappa shape index (κ1) is 9.52. The van der Waals surface area contributed by atoms with Gasteiger partial charge >= 0.3 is 0 Å². The summed E-state index contributed by atoms with van der Waals surface area (Å²) in [6, 6.07) is 2.99. The van der Waals surface area contributed by atoms with Crippen LogP contribution in [-0.2, 0) is 0 Å². The number of nitrogens with one attached hydrogen (secondary N) is 1. The molecular weight excluding hydrogens is 178 g/mol. The Labute approximate surface area is 84.3 Å². The standard InChI is InChI=1S/C10H17N3O/c1-3-9-7-13(8(2)6-11-9)10-4-5-14-12-10/h4-5,8-9,11H,3,6-7H2,1-2H3. The van der Waals surface area contributed by atoms with Crippen LogP contribution in [0.25, 0.3) is 0 Å². The predicted octanol–water partition coefficient (Wildman–Crippen LogP) is 1.25. The lowest BCUT2D eigenvalue weighted by molar-refractivity contribution is 0.379. The maximum absolute atomic E-state index is 4.87. The van der Waals surface area contributed by atoms with Gasteiger partial charge in [-0.25, -0.2) is 0 Å². The molecule has 0 aromatic carbocycles. The maximum Gasteiger partial charge on any atom is 0.172 e. The zero-order valence-corrected chi connectivity index (χ0v) is 8.73. The normalized spacial score (nSPS) is 28.0. The Morgan fingerprint density at radius 3 is 3.21 bits per heavy atom. The van der Waals surface area contributed by atoms with Crippen LogP contribution in [0.2, 0.25) is 0 Å². The van der Waals surface area contributed by atoms with Gasteiger partial charge in [0.05, 0.1) is 0 Å². The minimum atomic E-state index is 0.489. The molecule has 0 amide bonds. The number of piperazine rings is 1. The van der Waals surface area contributed by atoms with Crippen LogP contribution in [0.4, 0.5) is 5.82 Å². The van der Waals surface area contributed by atoms with E-state index in [1.165, 1.54) is 0 Å². The Hall–Kier alpha value is -1.03. The second kappa shape index (κ2) is 4.00. The summed E-state index contributed by atoms with van der Waals surface area (Å²) in [5, 5.41) is 7.49. The van der Waals surface area contributed by atoms with Crippen molar-refractivity contribution >= 4 is 5.82 Å². The Kier molecular flexibility index (Phi) is 2.72. The molecule has 1 aliphatic heterocycles. The van der Waals surface area contributed by atoms with Gasteiger partial charge in [-0.2, -0.15) is 0 Å². The third-order valence-electron chi connectivity index (χ3n) is 2.86. The summed E-state index contributed by atoms with van der Waals surface area (Å²) in [4.78, 5) is 2.30. The molecule has 0 aliphatic carbocycles. The number of nitrogens with zero attached hydrogens (tertiary/aromatic N) is 2. The molecule has 0 radical (unpaired) electrons. The lowest BCUT2D eigenvalue weighted by atomic mass is 10.1. The van der Waals surface area contributed by atoms with Crippen molar-refractivity contribution in [1.29, 1.82) is 0 Å². The lowest BCUT2D eigenvalue weighted by Crippen LogP contribution is -2.55. The van der Waals surface area contributed by atoms with Gasteiger partial charge in [-0.3, -0.25) is 0 Å². The van der Waals surface area contributed by atoms with Crippen molar-refractivity contribution in [3.63, 3.8) is 0 Å². The smallest absolute Gasteiger partial charge is 0.172 e. The third kappa shape index (κ3) is 1.75. The summed E-state index contributed by atoms with van der Waals surface area (Å²) >= 11 is 0. The maximum atomic E-state index is 4.87. The van der Waals surface area contributed by atoms with Crippen LogP contribution in [0.5, 0.6) is 0 Å². The molecule has 2 heterocycles. The molecule has 1 aromatic heterocycles. The summed E-state index contributed by atoms with van der Waals surface area (Å²) in [6.45, 7) is 6.44. The Morgan fingerprint density at radius 2 is 2.57 bits per heavy atom. The monoisotopic (exact) mass is 195 g/mol. The van der Waals surface area contributed by atoms with Crippen molar-refractivity contribution in [2.45, 2.75) is 32.4 Å². The second-order valence-electron chi connectivity index (χ2n) is 3.87. The molecule has 1 saturated heterocycles. The molecule has 2 unspecified atom stereocenters. The number of rotatable bonds is 2. The molecule has 0 saturated carbocycles. The molecule has 0 spiro atoms. The molecule has 1 N–H and O–H groups in total. The van der Waals surface area contributed by atoms with E-state index in [-0.39, 0.29) is 0 Å². The van der Waals surface area contributed by atoms with E-state index in [9.17, 15) is 0 Å². The van der Waals surface area contributed by atoms with Crippen molar-refractivity contribution in [3.8, 4) is 0 Å². The van der Waals surface area contributed by atoms with Gasteiger partial charge < -0.3 is 14.7 Å². The highest BCUT2D eigenvalue weighted by atomic mass is 16.5. The third-order valence-corrected chi connectivity index (χ3v) is 2.86. The highest BCUT2D eigenvalue weighted by molar-refractivity contribution is 5.38. The molecule has 14 heavy (non-hydrogen) atoms. The van der Waals surface area contributed by atoms with Gasteiger partial charge in [0, 0.05) is 31.2 Å². The zero-order valence-electron chi connectivity index (χ0n) is 8.73. The summed E-state index contributed by atoms with van der Waals surface area (Å²) in [5.74, 6) is 0.956. The van der Waals surface area contributed by atoms with Crippen molar-refractivity contribution in [2.24, 2.45) is 0 Å². The number of hydrogen-bond donors (Lipinski definition) is 1. The SMILES string of the molecule is CCC1CN(c2ccon2)C(C)CN1. The Balaban J connectivity index is 2.09. The number of hydrogen-bond acceptors (Lipinski definition) is 4. The van der Waals surface area contributed by atoms with Gasteiger partial charge in [0.2, 0.25) is 0 Å². The van der Waals surface area contributed by atoms with Crippen LogP contribution in [0.3, 0.4) is 0 Å². The van der Waals surface area contributed by atoms with Gasteiger partial charge in [0.15, 0.2) is 5.82 Å². The zero-order chi connectivity index (χ0) is 9.97. The first-order valence-corrected chi connectivity index (χ1v) is 5.21. The molecule has 78 valence electrons. The molecule has 2 atom stereocenters. The van der Waals surface area contributed by atoms with Gasteiger partial charge in [-0.05, 0) is 13.3 Å². The predicted molar refractivity (Wildman–Crippen MR) is 55.4 cm³/mol. The van der Waals surface area contributed by atoms with Crippen molar-refractivity contribution in [2.75, 3.05) is 18.0 Å². The van der Waals surface area contributed by atoms with Crippen LogP contribution >= 0.6 is 0 Å². The average Bonchev–Trinajstić information content (AvgIpc) is 2.71.